The van der Waals surface area contributed by atoms with Gasteiger partial charge in [-0.15, -0.1) is 11.8 Å². The van der Waals surface area contributed by atoms with Crippen molar-refractivity contribution >= 4 is 28.5 Å². The number of benzene rings is 1. The number of nitrogens with zero attached hydrogens (tertiary/aromatic N) is 1. The normalized spacial score (nSPS) is 16.0. The van der Waals surface area contributed by atoms with Crippen LogP contribution in [0.2, 0.25) is 0 Å². The van der Waals surface area contributed by atoms with E-state index < -0.39 is 5.97 Å². The lowest BCUT2D eigenvalue weighted by atomic mass is 10.1. The largest absolute Gasteiger partial charge is 0.478 e. The van der Waals surface area contributed by atoms with Crippen molar-refractivity contribution in [1.82, 2.24) is 4.98 Å². The molecule has 1 saturated carbocycles. The van der Waals surface area contributed by atoms with E-state index in [4.69, 9.17) is 0 Å². The first-order chi connectivity index (χ1) is 9.25. The predicted octanol–water partition coefficient (Wildman–Crippen LogP) is 3.97. The van der Waals surface area contributed by atoms with E-state index >= 15 is 0 Å². The van der Waals surface area contributed by atoms with Gasteiger partial charge in [-0.25, -0.2) is 9.78 Å². The Bertz CT molecular complexity index is 621. The summed E-state index contributed by atoms with van der Waals surface area (Å²) in [6.45, 7) is 0. The molecule has 1 N–H and O–H groups in total. The predicted molar refractivity (Wildman–Crippen MR) is 76.8 cm³/mol. The molecule has 1 fully saturated rings. The van der Waals surface area contributed by atoms with Crippen molar-refractivity contribution in [2.45, 2.75) is 36.0 Å². The van der Waals surface area contributed by atoms with Crippen LogP contribution in [0.5, 0.6) is 0 Å². The lowest BCUT2D eigenvalue weighted by Gasteiger charge is -2.11. The maximum absolute atomic E-state index is 11.2. The molecule has 3 rings (SSSR count). The van der Waals surface area contributed by atoms with E-state index in [0.29, 0.717) is 5.25 Å². The minimum absolute atomic E-state index is 0.284. The van der Waals surface area contributed by atoms with Crippen LogP contribution in [0.1, 0.15) is 36.0 Å². The van der Waals surface area contributed by atoms with Gasteiger partial charge >= 0.3 is 5.97 Å². The summed E-state index contributed by atoms with van der Waals surface area (Å²) in [4.78, 5) is 15.6. The maximum atomic E-state index is 11.2. The van der Waals surface area contributed by atoms with Crippen LogP contribution in [0.3, 0.4) is 0 Å². The first-order valence-electron chi connectivity index (χ1n) is 6.53. The summed E-state index contributed by atoms with van der Waals surface area (Å²) >= 11 is 1.80. The molecule has 98 valence electrons. The monoisotopic (exact) mass is 273 g/mol. The number of fused-ring (bicyclic) bond motifs is 1. The second-order valence-corrected chi connectivity index (χ2v) is 6.14. The van der Waals surface area contributed by atoms with Crippen LogP contribution in [-0.4, -0.2) is 21.3 Å². The number of thioether (sulfide) groups is 1. The van der Waals surface area contributed by atoms with Crippen LogP contribution >= 0.6 is 11.8 Å². The molecule has 0 spiro atoms. The second-order valence-electron chi connectivity index (χ2n) is 4.85. The zero-order valence-corrected chi connectivity index (χ0v) is 11.3. The summed E-state index contributed by atoms with van der Waals surface area (Å²) in [5.41, 5.74) is 0.284. The minimum atomic E-state index is -0.916. The quantitative estimate of drug-likeness (QED) is 0.919. The first kappa shape index (κ1) is 12.5. The average molecular weight is 273 g/mol. The molecule has 1 aliphatic carbocycles. The van der Waals surface area contributed by atoms with Crippen molar-refractivity contribution in [3.8, 4) is 0 Å². The van der Waals surface area contributed by atoms with Gasteiger partial charge in [-0.1, -0.05) is 37.1 Å². The summed E-state index contributed by atoms with van der Waals surface area (Å²) in [6, 6.07) is 7.64. The molecule has 0 atom stereocenters. The fourth-order valence-electron chi connectivity index (χ4n) is 2.60. The van der Waals surface area contributed by atoms with Gasteiger partial charge in [0.25, 0.3) is 0 Å². The minimum Gasteiger partial charge on any atom is -0.478 e. The molecule has 2 aromatic rings. The highest BCUT2D eigenvalue weighted by molar-refractivity contribution is 8.00. The van der Waals surface area contributed by atoms with E-state index in [-0.39, 0.29) is 5.56 Å². The zero-order chi connectivity index (χ0) is 13.2. The van der Waals surface area contributed by atoms with E-state index in [1.165, 1.54) is 31.9 Å². The number of aromatic carboxylic acids is 1. The summed E-state index contributed by atoms with van der Waals surface area (Å²) in [5, 5.41) is 12.5. The summed E-state index contributed by atoms with van der Waals surface area (Å²) in [5.74, 6) is -0.916. The Balaban J connectivity index is 2.05. The van der Waals surface area contributed by atoms with Gasteiger partial charge in [-0.3, -0.25) is 0 Å². The SMILES string of the molecule is O=C(O)c1cnc(SC2CCCC2)c2ccccc12. The summed E-state index contributed by atoms with van der Waals surface area (Å²) < 4.78 is 0. The molecule has 19 heavy (non-hydrogen) atoms. The number of carboxylic acids is 1. The fraction of sp³-hybridized carbons (Fsp3) is 0.333. The van der Waals surface area contributed by atoms with Crippen molar-refractivity contribution < 1.29 is 9.90 Å². The number of hydrogen-bond acceptors (Lipinski definition) is 3. The van der Waals surface area contributed by atoms with Crippen LogP contribution in [0.15, 0.2) is 35.5 Å². The standard InChI is InChI=1S/C15H15NO2S/c17-15(18)13-9-16-14(19-10-5-1-2-6-10)12-8-4-3-7-11(12)13/h3-4,7-10H,1-2,5-6H2,(H,17,18). The Kier molecular flexibility index (Phi) is 3.42. The third-order valence-electron chi connectivity index (χ3n) is 3.57. The van der Waals surface area contributed by atoms with E-state index in [9.17, 15) is 9.90 Å². The molecule has 0 amide bonds. The lowest BCUT2D eigenvalue weighted by molar-refractivity contribution is 0.0698. The van der Waals surface area contributed by atoms with Gasteiger partial charge < -0.3 is 5.11 Å². The van der Waals surface area contributed by atoms with E-state index in [2.05, 4.69) is 4.98 Å². The van der Waals surface area contributed by atoms with Crippen molar-refractivity contribution in [3.05, 3.63) is 36.0 Å². The number of carboxylic acid groups (broad SMARTS) is 1. The third kappa shape index (κ3) is 2.45. The van der Waals surface area contributed by atoms with E-state index in [0.717, 1.165) is 15.8 Å². The highest BCUT2D eigenvalue weighted by atomic mass is 32.2. The van der Waals surface area contributed by atoms with Gasteiger partial charge in [0.05, 0.1) is 5.56 Å². The van der Waals surface area contributed by atoms with Gasteiger partial charge in [0.15, 0.2) is 0 Å². The van der Waals surface area contributed by atoms with Crippen molar-refractivity contribution in [3.63, 3.8) is 0 Å². The summed E-state index contributed by atoms with van der Waals surface area (Å²) in [7, 11) is 0. The maximum Gasteiger partial charge on any atom is 0.337 e. The molecule has 0 unspecified atom stereocenters. The molecule has 3 nitrogen and oxygen atoms in total. The van der Waals surface area contributed by atoms with Crippen LogP contribution in [0.25, 0.3) is 10.8 Å². The summed E-state index contributed by atoms with van der Waals surface area (Å²) in [6.07, 6.45) is 6.55. The fourth-order valence-corrected chi connectivity index (χ4v) is 3.90. The molecule has 0 aliphatic heterocycles. The Morgan fingerprint density at radius 2 is 1.89 bits per heavy atom. The topological polar surface area (TPSA) is 50.2 Å². The molecule has 1 aliphatic rings. The average Bonchev–Trinajstić information content (AvgIpc) is 2.91. The number of rotatable bonds is 3. The number of hydrogen-bond donors (Lipinski definition) is 1. The molecule has 1 aromatic carbocycles. The number of pyridine rings is 1. The molecule has 1 aromatic heterocycles. The highest BCUT2D eigenvalue weighted by Gasteiger charge is 2.19. The van der Waals surface area contributed by atoms with Crippen molar-refractivity contribution in [2.24, 2.45) is 0 Å². The van der Waals surface area contributed by atoms with E-state index in [1.807, 2.05) is 24.3 Å². The second kappa shape index (κ2) is 5.21. The number of aromatic nitrogens is 1. The molecule has 0 radical (unpaired) electrons. The molecule has 0 saturated heterocycles. The van der Waals surface area contributed by atoms with Gasteiger partial charge in [0.2, 0.25) is 0 Å². The molecule has 4 heteroatoms. The Morgan fingerprint density at radius 1 is 1.21 bits per heavy atom. The Hall–Kier alpha value is -1.55. The van der Waals surface area contributed by atoms with Gasteiger partial charge in [0, 0.05) is 22.2 Å². The smallest absolute Gasteiger partial charge is 0.337 e. The molecular formula is C15H15NO2S. The van der Waals surface area contributed by atoms with Gasteiger partial charge in [-0.05, 0) is 12.8 Å². The molecular weight excluding hydrogens is 258 g/mol. The zero-order valence-electron chi connectivity index (χ0n) is 10.5. The van der Waals surface area contributed by atoms with Crippen molar-refractivity contribution in [2.75, 3.05) is 0 Å². The lowest BCUT2D eigenvalue weighted by Crippen LogP contribution is -2.01. The highest BCUT2D eigenvalue weighted by Crippen LogP contribution is 2.37. The van der Waals surface area contributed by atoms with Crippen LogP contribution < -0.4 is 0 Å². The Labute approximate surface area is 116 Å². The van der Waals surface area contributed by atoms with Crippen LogP contribution in [0.4, 0.5) is 0 Å². The van der Waals surface area contributed by atoms with Crippen molar-refractivity contribution in [1.29, 1.82) is 0 Å². The van der Waals surface area contributed by atoms with Gasteiger partial charge in [-0.2, -0.15) is 0 Å². The molecule has 1 heterocycles. The van der Waals surface area contributed by atoms with Gasteiger partial charge in [0.1, 0.15) is 5.03 Å². The first-order valence-corrected chi connectivity index (χ1v) is 7.41. The third-order valence-corrected chi connectivity index (χ3v) is 4.92. The van der Waals surface area contributed by atoms with E-state index in [1.54, 1.807) is 11.8 Å². The van der Waals surface area contributed by atoms with Crippen LogP contribution in [0, 0.1) is 0 Å². The molecule has 0 bridgehead atoms. The Morgan fingerprint density at radius 3 is 2.58 bits per heavy atom. The number of carbonyl (C=O) groups is 1. The van der Waals surface area contributed by atoms with Crippen LogP contribution in [-0.2, 0) is 0 Å².